The standard InChI is InChI=1S/C15H17ClN2/c1-10-4-5-13(6-11(10)2)8-15-17-12(3)7-14(9-16)18-15/h4-7H,8-9H2,1-3H3. The third-order valence-electron chi connectivity index (χ3n) is 3.02. The molecule has 0 bridgehead atoms. The molecule has 0 N–H and O–H groups in total. The van der Waals surface area contributed by atoms with Crippen LogP contribution in [0.25, 0.3) is 0 Å². The summed E-state index contributed by atoms with van der Waals surface area (Å²) in [6.45, 7) is 6.22. The first-order valence-electron chi connectivity index (χ1n) is 6.04. The van der Waals surface area contributed by atoms with E-state index in [1.807, 2.05) is 13.0 Å². The van der Waals surface area contributed by atoms with E-state index in [2.05, 4.69) is 42.0 Å². The third-order valence-corrected chi connectivity index (χ3v) is 3.30. The third kappa shape index (κ3) is 3.08. The predicted octanol–water partition coefficient (Wildman–Crippen LogP) is 3.73. The Morgan fingerprint density at radius 3 is 2.44 bits per heavy atom. The molecule has 2 rings (SSSR count). The van der Waals surface area contributed by atoms with Crippen molar-refractivity contribution in [3.63, 3.8) is 0 Å². The molecule has 1 aromatic heterocycles. The molecule has 0 saturated carbocycles. The monoisotopic (exact) mass is 260 g/mol. The predicted molar refractivity (Wildman–Crippen MR) is 75.0 cm³/mol. The van der Waals surface area contributed by atoms with Gasteiger partial charge in [0.05, 0.1) is 11.6 Å². The molecular formula is C15H17ClN2. The lowest BCUT2D eigenvalue weighted by molar-refractivity contribution is 0.911. The maximum Gasteiger partial charge on any atom is 0.133 e. The molecule has 0 radical (unpaired) electrons. The summed E-state index contributed by atoms with van der Waals surface area (Å²) >= 11 is 5.83. The lowest BCUT2D eigenvalue weighted by Gasteiger charge is -2.06. The van der Waals surface area contributed by atoms with Gasteiger partial charge in [-0.05, 0) is 43.5 Å². The number of rotatable bonds is 3. The molecule has 3 heteroatoms. The lowest BCUT2D eigenvalue weighted by Crippen LogP contribution is -2.01. The van der Waals surface area contributed by atoms with Gasteiger partial charge in [0, 0.05) is 12.1 Å². The summed E-state index contributed by atoms with van der Waals surface area (Å²) in [6, 6.07) is 8.40. The molecule has 1 aromatic carbocycles. The normalized spacial score (nSPS) is 10.7. The Morgan fingerprint density at radius 2 is 1.78 bits per heavy atom. The van der Waals surface area contributed by atoms with Crippen LogP contribution in [0.1, 0.15) is 33.9 Å². The van der Waals surface area contributed by atoms with Crippen LogP contribution in [-0.4, -0.2) is 9.97 Å². The highest BCUT2D eigenvalue weighted by molar-refractivity contribution is 6.16. The van der Waals surface area contributed by atoms with Crippen molar-refractivity contribution in [2.24, 2.45) is 0 Å². The number of aryl methyl sites for hydroxylation is 3. The maximum atomic E-state index is 5.83. The number of hydrogen-bond donors (Lipinski definition) is 0. The van der Waals surface area contributed by atoms with E-state index in [-0.39, 0.29) is 0 Å². The highest BCUT2D eigenvalue weighted by Crippen LogP contribution is 2.13. The fourth-order valence-electron chi connectivity index (χ4n) is 1.94. The highest BCUT2D eigenvalue weighted by Gasteiger charge is 2.04. The number of aromatic nitrogens is 2. The van der Waals surface area contributed by atoms with Crippen molar-refractivity contribution < 1.29 is 0 Å². The molecule has 0 aliphatic carbocycles. The van der Waals surface area contributed by atoms with Gasteiger partial charge in [0.15, 0.2) is 0 Å². The van der Waals surface area contributed by atoms with Crippen molar-refractivity contribution in [1.82, 2.24) is 9.97 Å². The quantitative estimate of drug-likeness (QED) is 0.786. The second kappa shape index (κ2) is 5.49. The second-order valence-electron chi connectivity index (χ2n) is 4.65. The molecule has 2 aromatic rings. The average Bonchev–Trinajstić information content (AvgIpc) is 2.33. The summed E-state index contributed by atoms with van der Waals surface area (Å²) in [7, 11) is 0. The summed E-state index contributed by atoms with van der Waals surface area (Å²) in [6.07, 6.45) is 0.757. The number of halogens is 1. The van der Waals surface area contributed by atoms with Crippen molar-refractivity contribution in [2.75, 3.05) is 0 Å². The zero-order valence-electron chi connectivity index (χ0n) is 11.0. The van der Waals surface area contributed by atoms with Gasteiger partial charge in [-0.15, -0.1) is 11.6 Å². The van der Waals surface area contributed by atoms with Crippen LogP contribution in [0, 0.1) is 20.8 Å². The van der Waals surface area contributed by atoms with Crippen molar-refractivity contribution in [3.05, 3.63) is 58.2 Å². The lowest BCUT2D eigenvalue weighted by atomic mass is 10.0. The van der Waals surface area contributed by atoms with E-state index in [9.17, 15) is 0 Å². The number of nitrogens with zero attached hydrogens (tertiary/aromatic N) is 2. The highest BCUT2D eigenvalue weighted by atomic mass is 35.5. The van der Waals surface area contributed by atoms with E-state index >= 15 is 0 Å². The van der Waals surface area contributed by atoms with E-state index in [0.717, 1.165) is 23.6 Å². The molecular weight excluding hydrogens is 244 g/mol. The molecule has 0 fully saturated rings. The van der Waals surface area contributed by atoms with Crippen LogP contribution in [0.5, 0.6) is 0 Å². The van der Waals surface area contributed by atoms with Gasteiger partial charge >= 0.3 is 0 Å². The fourth-order valence-corrected chi connectivity index (χ4v) is 2.08. The van der Waals surface area contributed by atoms with Gasteiger partial charge in [-0.25, -0.2) is 9.97 Å². The van der Waals surface area contributed by atoms with Crippen LogP contribution < -0.4 is 0 Å². The van der Waals surface area contributed by atoms with Gasteiger partial charge in [-0.3, -0.25) is 0 Å². The minimum atomic E-state index is 0.434. The fraction of sp³-hybridized carbons (Fsp3) is 0.333. The molecule has 0 saturated heterocycles. The van der Waals surface area contributed by atoms with E-state index in [4.69, 9.17) is 11.6 Å². The molecule has 0 spiro atoms. The maximum absolute atomic E-state index is 5.83. The van der Waals surface area contributed by atoms with Crippen LogP contribution in [0.4, 0.5) is 0 Å². The Morgan fingerprint density at radius 1 is 1.00 bits per heavy atom. The Kier molecular flexibility index (Phi) is 3.97. The average molecular weight is 261 g/mol. The van der Waals surface area contributed by atoms with Crippen LogP contribution in [0.3, 0.4) is 0 Å². The molecule has 94 valence electrons. The molecule has 2 nitrogen and oxygen atoms in total. The SMILES string of the molecule is Cc1cc(CCl)nc(Cc2ccc(C)c(C)c2)n1. The molecule has 0 atom stereocenters. The van der Waals surface area contributed by atoms with Crippen LogP contribution in [0.2, 0.25) is 0 Å². The van der Waals surface area contributed by atoms with E-state index < -0.39 is 0 Å². The van der Waals surface area contributed by atoms with Gasteiger partial charge in [-0.1, -0.05) is 18.2 Å². The summed E-state index contributed by atoms with van der Waals surface area (Å²) in [5.41, 5.74) is 5.72. The first-order chi connectivity index (χ1) is 8.58. The molecule has 18 heavy (non-hydrogen) atoms. The summed E-state index contributed by atoms with van der Waals surface area (Å²) in [5, 5.41) is 0. The Balaban J connectivity index is 2.27. The van der Waals surface area contributed by atoms with Gasteiger partial charge in [0.25, 0.3) is 0 Å². The van der Waals surface area contributed by atoms with Crippen molar-refractivity contribution in [1.29, 1.82) is 0 Å². The number of hydrogen-bond acceptors (Lipinski definition) is 2. The van der Waals surface area contributed by atoms with Crippen LogP contribution in [0.15, 0.2) is 24.3 Å². The summed E-state index contributed by atoms with van der Waals surface area (Å²) in [5.74, 6) is 1.28. The minimum Gasteiger partial charge on any atom is -0.238 e. The molecule has 0 aliphatic rings. The Bertz CT molecular complexity index is 564. The molecule has 0 aliphatic heterocycles. The summed E-state index contributed by atoms with van der Waals surface area (Å²) < 4.78 is 0. The number of alkyl halides is 1. The number of benzene rings is 1. The first-order valence-corrected chi connectivity index (χ1v) is 6.57. The largest absolute Gasteiger partial charge is 0.238 e. The molecule has 0 amide bonds. The van der Waals surface area contributed by atoms with Crippen molar-refractivity contribution in [2.45, 2.75) is 33.1 Å². The van der Waals surface area contributed by atoms with E-state index in [1.165, 1.54) is 16.7 Å². The van der Waals surface area contributed by atoms with Crippen molar-refractivity contribution >= 4 is 11.6 Å². The zero-order valence-corrected chi connectivity index (χ0v) is 11.8. The van der Waals surface area contributed by atoms with Gasteiger partial charge in [0.2, 0.25) is 0 Å². The molecule has 1 heterocycles. The van der Waals surface area contributed by atoms with Gasteiger partial charge < -0.3 is 0 Å². The van der Waals surface area contributed by atoms with E-state index in [0.29, 0.717) is 5.88 Å². The zero-order chi connectivity index (χ0) is 13.1. The topological polar surface area (TPSA) is 25.8 Å². The minimum absolute atomic E-state index is 0.434. The van der Waals surface area contributed by atoms with Crippen LogP contribution in [-0.2, 0) is 12.3 Å². The van der Waals surface area contributed by atoms with Gasteiger partial charge in [-0.2, -0.15) is 0 Å². The summed E-state index contributed by atoms with van der Waals surface area (Å²) in [4.78, 5) is 8.92. The van der Waals surface area contributed by atoms with Crippen LogP contribution >= 0.6 is 11.6 Å². The van der Waals surface area contributed by atoms with Gasteiger partial charge in [0.1, 0.15) is 5.82 Å². The smallest absolute Gasteiger partial charge is 0.133 e. The van der Waals surface area contributed by atoms with E-state index in [1.54, 1.807) is 0 Å². The Labute approximate surface area is 113 Å². The van der Waals surface area contributed by atoms with Crippen molar-refractivity contribution in [3.8, 4) is 0 Å². The molecule has 0 unspecified atom stereocenters. The Hall–Kier alpha value is -1.41. The first kappa shape index (κ1) is 13.0. The second-order valence-corrected chi connectivity index (χ2v) is 4.91.